The van der Waals surface area contributed by atoms with Crippen LogP contribution in [-0.4, -0.2) is 22.2 Å². The standard InChI is InChI=1S/C17H17F3N2O3S/c1-3-4-5-25-7-8(2)22-14-9(6-10(18)12(19)13(14)20)15(23)11-16(24)21-26-17(11)22/h6,8H,3-5,7H2,1-2H3,(H,21,24)/t8-/m0/s1. The molecule has 0 saturated carbocycles. The lowest BCUT2D eigenvalue weighted by atomic mass is 10.1. The molecule has 26 heavy (non-hydrogen) atoms. The van der Waals surface area contributed by atoms with Crippen molar-refractivity contribution < 1.29 is 17.9 Å². The molecule has 0 saturated heterocycles. The van der Waals surface area contributed by atoms with E-state index >= 15 is 0 Å². The Bertz CT molecular complexity index is 1090. The molecule has 1 N–H and O–H groups in total. The van der Waals surface area contributed by atoms with Crippen LogP contribution in [0.15, 0.2) is 15.7 Å². The summed E-state index contributed by atoms with van der Waals surface area (Å²) < 4.78 is 51.3. The fraction of sp³-hybridized carbons (Fsp3) is 0.412. The summed E-state index contributed by atoms with van der Waals surface area (Å²) in [6.45, 7) is 4.37. The second-order valence-electron chi connectivity index (χ2n) is 6.07. The van der Waals surface area contributed by atoms with Gasteiger partial charge in [0.1, 0.15) is 10.2 Å². The molecule has 5 nitrogen and oxygen atoms in total. The van der Waals surface area contributed by atoms with Crippen LogP contribution >= 0.6 is 11.5 Å². The van der Waals surface area contributed by atoms with Gasteiger partial charge in [-0.15, -0.1) is 0 Å². The zero-order valence-corrected chi connectivity index (χ0v) is 15.0. The van der Waals surface area contributed by atoms with Crippen molar-refractivity contribution in [3.05, 3.63) is 44.1 Å². The van der Waals surface area contributed by atoms with Crippen molar-refractivity contribution in [3.8, 4) is 0 Å². The molecule has 1 atom stereocenters. The Morgan fingerprint density at radius 1 is 1.27 bits per heavy atom. The molecular weight excluding hydrogens is 369 g/mol. The van der Waals surface area contributed by atoms with Gasteiger partial charge in [-0.25, -0.2) is 13.2 Å². The predicted molar refractivity (Wildman–Crippen MR) is 94.5 cm³/mol. The van der Waals surface area contributed by atoms with Gasteiger partial charge in [-0.1, -0.05) is 13.3 Å². The van der Waals surface area contributed by atoms with Crippen LogP contribution < -0.4 is 11.0 Å². The van der Waals surface area contributed by atoms with Gasteiger partial charge in [0.25, 0.3) is 5.56 Å². The van der Waals surface area contributed by atoms with E-state index in [4.69, 9.17) is 4.74 Å². The Balaban J connectivity index is 2.30. The number of H-pyrrole nitrogens is 1. The third-order valence-electron chi connectivity index (χ3n) is 4.19. The highest BCUT2D eigenvalue weighted by Gasteiger charge is 2.25. The number of aromatic nitrogens is 2. The van der Waals surface area contributed by atoms with Gasteiger partial charge in [-0.3, -0.25) is 14.0 Å². The Labute approximate surface area is 150 Å². The number of aromatic amines is 1. The molecule has 2 heterocycles. The van der Waals surface area contributed by atoms with E-state index in [2.05, 4.69) is 4.37 Å². The molecule has 0 aliphatic heterocycles. The van der Waals surface area contributed by atoms with Crippen LogP contribution in [0.5, 0.6) is 0 Å². The van der Waals surface area contributed by atoms with E-state index in [1.807, 2.05) is 6.92 Å². The Hall–Kier alpha value is -2.13. The van der Waals surface area contributed by atoms with Gasteiger partial charge < -0.3 is 9.30 Å². The van der Waals surface area contributed by atoms with E-state index in [1.165, 1.54) is 4.57 Å². The number of ether oxygens (including phenoxy) is 1. The molecule has 1 aromatic carbocycles. The number of halogens is 3. The van der Waals surface area contributed by atoms with Crippen molar-refractivity contribution >= 4 is 32.7 Å². The lowest BCUT2D eigenvalue weighted by Gasteiger charge is -2.20. The number of benzene rings is 1. The summed E-state index contributed by atoms with van der Waals surface area (Å²) in [6.07, 6.45) is 1.79. The average Bonchev–Trinajstić information content (AvgIpc) is 2.99. The molecule has 0 radical (unpaired) electrons. The lowest BCUT2D eigenvalue weighted by Crippen LogP contribution is -2.21. The molecule has 140 valence electrons. The maximum atomic E-state index is 14.5. The third kappa shape index (κ3) is 2.95. The van der Waals surface area contributed by atoms with E-state index in [-0.39, 0.29) is 27.7 Å². The van der Waals surface area contributed by atoms with Crippen molar-refractivity contribution in [2.75, 3.05) is 13.2 Å². The van der Waals surface area contributed by atoms with E-state index in [1.54, 1.807) is 6.92 Å². The summed E-state index contributed by atoms with van der Waals surface area (Å²) in [6, 6.07) is 0.122. The molecule has 0 amide bonds. The number of nitrogens with one attached hydrogen (secondary N) is 1. The highest BCUT2D eigenvalue weighted by atomic mass is 32.1. The van der Waals surface area contributed by atoms with Crippen LogP contribution in [0.3, 0.4) is 0 Å². The van der Waals surface area contributed by atoms with E-state index in [0.29, 0.717) is 12.7 Å². The van der Waals surface area contributed by atoms with Crippen molar-refractivity contribution in [2.24, 2.45) is 0 Å². The van der Waals surface area contributed by atoms with E-state index < -0.39 is 34.5 Å². The van der Waals surface area contributed by atoms with Crippen LogP contribution in [0.1, 0.15) is 32.7 Å². The second kappa shape index (κ2) is 7.24. The maximum absolute atomic E-state index is 14.5. The first-order chi connectivity index (χ1) is 12.4. The summed E-state index contributed by atoms with van der Waals surface area (Å²) in [5.41, 5.74) is -1.84. The number of fused-ring (bicyclic) bond motifs is 2. The van der Waals surface area contributed by atoms with Crippen LogP contribution in [0, 0.1) is 17.5 Å². The van der Waals surface area contributed by atoms with Crippen molar-refractivity contribution in [1.29, 1.82) is 0 Å². The summed E-state index contributed by atoms with van der Waals surface area (Å²) in [4.78, 5) is 24.7. The largest absolute Gasteiger partial charge is 0.379 e. The van der Waals surface area contributed by atoms with Crippen LogP contribution in [0.2, 0.25) is 0 Å². The van der Waals surface area contributed by atoms with Gasteiger partial charge in [-0.2, -0.15) is 0 Å². The monoisotopic (exact) mass is 386 g/mol. The summed E-state index contributed by atoms with van der Waals surface area (Å²) >= 11 is 0.847. The molecule has 0 spiro atoms. The Morgan fingerprint density at radius 3 is 2.69 bits per heavy atom. The summed E-state index contributed by atoms with van der Waals surface area (Å²) in [7, 11) is 0. The van der Waals surface area contributed by atoms with E-state index in [9.17, 15) is 22.8 Å². The van der Waals surface area contributed by atoms with Crippen molar-refractivity contribution in [1.82, 2.24) is 8.94 Å². The molecule has 0 aliphatic rings. The van der Waals surface area contributed by atoms with Gasteiger partial charge in [0.15, 0.2) is 17.5 Å². The molecule has 0 fully saturated rings. The van der Waals surface area contributed by atoms with Crippen molar-refractivity contribution in [3.63, 3.8) is 0 Å². The fourth-order valence-corrected chi connectivity index (χ4v) is 3.84. The number of nitrogens with zero attached hydrogens (tertiary/aromatic N) is 1. The minimum Gasteiger partial charge on any atom is -0.379 e. The van der Waals surface area contributed by atoms with Crippen LogP contribution in [0.25, 0.3) is 21.1 Å². The number of pyridine rings is 1. The smallest absolute Gasteiger partial charge is 0.271 e. The molecule has 0 unspecified atom stereocenters. The SMILES string of the molecule is CCCCOC[C@H](C)n1c2s[nH]c(=O)c2c(=O)c2cc(F)c(F)c(F)c21. The summed E-state index contributed by atoms with van der Waals surface area (Å²) in [5, 5.41) is -0.577. The normalized spacial score (nSPS) is 13.0. The Kier molecular flexibility index (Phi) is 5.19. The quantitative estimate of drug-likeness (QED) is 0.519. The lowest BCUT2D eigenvalue weighted by molar-refractivity contribution is 0.107. The van der Waals surface area contributed by atoms with Gasteiger partial charge in [-0.05, 0) is 30.9 Å². The number of hydrogen-bond donors (Lipinski definition) is 1. The van der Waals surface area contributed by atoms with Crippen molar-refractivity contribution in [2.45, 2.75) is 32.7 Å². The number of unbranched alkanes of at least 4 members (excludes halogenated alkanes) is 1. The van der Waals surface area contributed by atoms with E-state index in [0.717, 1.165) is 24.4 Å². The molecule has 0 bridgehead atoms. The first-order valence-electron chi connectivity index (χ1n) is 8.19. The Morgan fingerprint density at radius 2 is 2.00 bits per heavy atom. The highest BCUT2D eigenvalue weighted by molar-refractivity contribution is 7.12. The summed E-state index contributed by atoms with van der Waals surface area (Å²) in [5.74, 6) is -4.59. The first kappa shape index (κ1) is 18.7. The zero-order chi connectivity index (χ0) is 19.0. The predicted octanol–water partition coefficient (Wildman–Crippen LogP) is 3.70. The average molecular weight is 386 g/mol. The van der Waals surface area contributed by atoms with Crippen LogP contribution in [0.4, 0.5) is 13.2 Å². The minimum atomic E-state index is -1.66. The van der Waals surface area contributed by atoms with Gasteiger partial charge in [0.2, 0.25) is 5.43 Å². The number of rotatable bonds is 6. The highest BCUT2D eigenvalue weighted by Crippen LogP contribution is 2.28. The van der Waals surface area contributed by atoms with Gasteiger partial charge >= 0.3 is 0 Å². The van der Waals surface area contributed by atoms with Gasteiger partial charge in [0.05, 0.1) is 23.6 Å². The third-order valence-corrected chi connectivity index (χ3v) is 5.07. The fourth-order valence-electron chi connectivity index (χ4n) is 2.89. The molecule has 0 aliphatic carbocycles. The number of hydrogen-bond acceptors (Lipinski definition) is 4. The van der Waals surface area contributed by atoms with Gasteiger partial charge in [0, 0.05) is 6.61 Å². The first-order valence-corrected chi connectivity index (χ1v) is 9.00. The molecule has 3 rings (SSSR count). The minimum absolute atomic E-state index is 0.164. The second-order valence-corrected chi connectivity index (χ2v) is 6.87. The topological polar surface area (TPSA) is 64.1 Å². The zero-order valence-electron chi connectivity index (χ0n) is 14.2. The molecule has 9 heteroatoms. The maximum Gasteiger partial charge on any atom is 0.271 e. The van der Waals surface area contributed by atoms with Crippen LogP contribution in [-0.2, 0) is 4.74 Å². The molecule has 2 aromatic heterocycles. The molecular formula is C17H17F3N2O3S. The molecule has 3 aromatic rings.